The highest BCUT2D eigenvalue weighted by molar-refractivity contribution is 7.89. The van der Waals surface area contributed by atoms with E-state index in [1.807, 2.05) is 6.92 Å². The predicted molar refractivity (Wildman–Crippen MR) is 59.5 cm³/mol. The summed E-state index contributed by atoms with van der Waals surface area (Å²) in [5, 5.41) is 3.16. The molecule has 16 heavy (non-hydrogen) atoms. The van der Waals surface area contributed by atoms with Crippen molar-refractivity contribution < 1.29 is 17.9 Å². The van der Waals surface area contributed by atoms with Crippen molar-refractivity contribution in [3.05, 3.63) is 0 Å². The van der Waals surface area contributed by atoms with Crippen molar-refractivity contribution in [2.45, 2.75) is 19.4 Å². The van der Waals surface area contributed by atoms with Crippen LogP contribution in [0.3, 0.4) is 0 Å². The molecule has 1 N–H and O–H groups in total. The van der Waals surface area contributed by atoms with Crippen LogP contribution in [0.2, 0.25) is 0 Å². The third-order valence-corrected chi connectivity index (χ3v) is 4.36. The van der Waals surface area contributed by atoms with Gasteiger partial charge in [-0.05, 0) is 6.92 Å². The van der Waals surface area contributed by atoms with Crippen LogP contribution in [-0.2, 0) is 19.6 Å². The molecule has 0 unspecified atom stereocenters. The Morgan fingerprint density at radius 3 is 2.81 bits per heavy atom. The zero-order chi connectivity index (χ0) is 12.2. The smallest absolute Gasteiger partial charge is 0.306 e. The fourth-order valence-electron chi connectivity index (χ4n) is 1.59. The van der Waals surface area contributed by atoms with Gasteiger partial charge in [0, 0.05) is 25.7 Å². The molecule has 0 aliphatic carbocycles. The number of esters is 1. The van der Waals surface area contributed by atoms with Gasteiger partial charge in [-0.3, -0.25) is 4.79 Å². The maximum atomic E-state index is 11.8. The van der Waals surface area contributed by atoms with Gasteiger partial charge in [0.2, 0.25) is 10.0 Å². The Labute approximate surface area is 96.0 Å². The number of piperazine rings is 1. The number of nitrogens with zero attached hydrogens (tertiary/aromatic N) is 1. The minimum atomic E-state index is -3.33. The Balaban J connectivity index is 2.52. The zero-order valence-electron chi connectivity index (χ0n) is 9.60. The lowest BCUT2D eigenvalue weighted by Gasteiger charge is -2.30. The number of carbonyl (C=O) groups excluding carboxylic acids is 1. The summed E-state index contributed by atoms with van der Waals surface area (Å²) >= 11 is 0. The van der Waals surface area contributed by atoms with Gasteiger partial charge in [0.05, 0.1) is 19.3 Å². The molecule has 1 aliphatic rings. The molecule has 1 aliphatic heterocycles. The average molecular weight is 250 g/mol. The number of hydrogen-bond donors (Lipinski definition) is 1. The van der Waals surface area contributed by atoms with Crippen molar-refractivity contribution >= 4 is 16.0 Å². The van der Waals surface area contributed by atoms with Gasteiger partial charge < -0.3 is 10.1 Å². The number of nitrogens with one attached hydrogen (secondary N) is 1. The van der Waals surface area contributed by atoms with E-state index < -0.39 is 16.0 Å². The van der Waals surface area contributed by atoms with Crippen LogP contribution < -0.4 is 5.32 Å². The molecule has 0 aromatic rings. The van der Waals surface area contributed by atoms with Crippen LogP contribution in [0.1, 0.15) is 13.3 Å². The summed E-state index contributed by atoms with van der Waals surface area (Å²) in [5.41, 5.74) is 0. The van der Waals surface area contributed by atoms with Gasteiger partial charge in [0.15, 0.2) is 0 Å². The Hall–Kier alpha value is -0.660. The Bertz CT molecular complexity index is 341. The van der Waals surface area contributed by atoms with E-state index in [0.717, 1.165) is 0 Å². The standard InChI is InChI=1S/C9H18N2O4S/c1-8-7-11(5-4-10-8)16(13,14)6-3-9(12)15-2/h8,10H,3-7H2,1-2H3/t8-/m0/s1. The highest BCUT2D eigenvalue weighted by Crippen LogP contribution is 2.08. The summed E-state index contributed by atoms with van der Waals surface area (Å²) < 4.78 is 29.5. The fraction of sp³-hybridized carbons (Fsp3) is 0.889. The zero-order valence-corrected chi connectivity index (χ0v) is 10.4. The van der Waals surface area contributed by atoms with Crippen LogP contribution in [0.25, 0.3) is 0 Å². The summed E-state index contributed by atoms with van der Waals surface area (Å²) in [7, 11) is -2.08. The molecule has 0 amide bonds. The van der Waals surface area contributed by atoms with Gasteiger partial charge in [-0.15, -0.1) is 0 Å². The quantitative estimate of drug-likeness (QED) is 0.659. The third kappa shape index (κ3) is 3.73. The van der Waals surface area contributed by atoms with E-state index in [2.05, 4.69) is 10.1 Å². The van der Waals surface area contributed by atoms with Gasteiger partial charge in [-0.25, -0.2) is 8.42 Å². The lowest BCUT2D eigenvalue weighted by Crippen LogP contribution is -2.51. The minimum absolute atomic E-state index is 0.0862. The maximum Gasteiger partial charge on any atom is 0.306 e. The predicted octanol–water partition coefficient (Wildman–Crippen LogP) is -0.827. The fourth-order valence-corrected chi connectivity index (χ4v) is 3.10. The largest absolute Gasteiger partial charge is 0.469 e. The number of carbonyl (C=O) groups is 1. The molecule has 1 saturated heterocycles. The van der Waals surface area contributed by atoms with E-state index >= 15 is 0 Å². The van der Waals surface area contributed by atoms with Crippen molar-refractivity contribution in [3.63, 3.8) is 0 Å². The van der Waals surface area contributed by atoms with Gasteiger partial charge in [0.25, 0.3) is 0 Å². The van der Waals surface area contributed by atoms with Crippen LogP contribution in [0.5, 0.6) is 0 Å². The van der Waals surface area contributed by atoms with Crippen molar-refractivity contribution in [3.8, 4) is 0 Å². The molecule has 0 bridgehead atoms. The summed E-state index contributed by atoms with van der Waals surface area (Å²) in [6.07, 6.45) is -0.0862. The first kappa shape index (κ1) is 13.4. The number of hydrogen-bond acceptors (Lipinski definition) is 5. The lowest BCUT2D eigenvalue weighted by molar-refractivity contribution is -0.140. The van der Waals surface area contributed by atoms with Gasteiger partial charge >= 0.3 is 5.97 Å². The van der Waals surface area contributed by atoms with Crippen LogP contribution >= 0.6 is 0 Å². The molecule has 0 spiro atoms. The molecule has 1 atom stereocenters. The SMILES string of the molecule is COC(=O)CCS(=O)(=O)N1CCN[C@@H](C)C1. The van der Waals surface area contributed by atoms with Gasteiger partial charge in [0.1, 0.15) is 0 Å². The molecule has 0 aromatic carbocycles. The first-order chi connectivity index (χ1) is 7.45. The number of methoxy groups -OCH3 is 1. The highest BCUT2D eigenvalue weighted by Gasteiger charge is 2.27. The molecule has 1 rings (SSSR count). The number of sulfonamides is 1. The molecule has 6 nitrogen and oxygen atoms in total. The maximum absolute atomic E-state index is 11.8. The summed E-state index contributed by atoms with van der Waals surface area (Å²) in [6.45, 7) is 3.51. The molecule has 0 saturated carbocycles. The highest BCUT2D eigenvalue weighted by atomic mass is 32.2. The Kier molecular flexibility index (Phi) is 4.69. The van der Waals surface area contributed by atoms with Crippen molar-refractivity contribution in [2.24, 2.45) is 0 Å². The van der Waals surface area contributed by atoms with Gasteiger partial charge in [-0.2, -0.15) is 4.31 Å². The number of ether oxygens (including phenoxy) is 1. The van der Waals surface area contributed by atoms with Crippen molar-refractivity contribution in [1.82, 2.24) is 9.62 Å². The summed E-state index contributed by atoms with van der Waals surface area (Å²) in [4.78, 5) is 10.9. The Morgan fingerprint density at radius 2 is 2.25 bits per heavy atom. The monoisotopic (exact) mass is 250 g/mol. The van der Waals surface area contributed by atoms with E-state index in [4.69, 9.17) is 0 Å². The Morgan fingerprint density at radius 1 is 1.56 bits per heavy atom. The summed E-state index contributed by atoms with van der Waals surface area (Å²) in [5.74, 6) is -0.668. The molecule has 0 aromatic heterocycles. The molecule has 0 radical (unpaired) electrons. The molecular weight excluding hydrogens is 232 g/mol. The van der Waals surface area contributed by atoms with Crippen LogP contribution in [-0.4, -0.2) is 57.2 Å². The minimum Gasteiger partial charge on any atom is -0.469 e. The van der Waals surface area contributed by atoms with Gasteiger partial charge in [-0.1, -0.05) is 0 Å². The second-order valence-corrected chi connectivity index (χ2v) is 5.94. The van der Waals surface area contributed by atoms with Crippen molar-refractivity contribution in [1.29, 1.82) is 0 Å². The van der Waals surface area contributed by atoms with Crippen LogP contribution in [0.4, 0.5) is 0 Å². The van der Waals surface area contributed by atoms with E-state index in [0.29, 0.717) is 19.6 Å². The second-order valence-electron chi connectivity index (χ2n) is 3.86. The van der Waals surface area contributed by atoms with E-state index in [9.17, 15) is 13.2 Å². The lowest BCUT2D eigenvalue weighted by atomic mass is 10.3. The van der Waals surface area contributed by atoms with E-state index in [-0.39, 0.29) is 18.2 Å². The number of rotatable bonds is 4. The van der Waals surface area contributed by atoms with Crippen LogP contribution in [0.15, 0.2) is 0 Å². The average Bonchev–Trinajstić information content (AvgIpc) is 2.26. The van der Waals surface area contributed by atoms with Crippen LogP contribution in [0, 0.1) is 0 Å². The topological polar surface area (TPSA) is 75.7 Å². The van der Waals surface area contributed by atoms with E-state index in [1.54, 1.807) is 0 Å². The van der Waals surface area contributed by atoms with E-state index in [1.165, 1.54) is 11.4 Å². The first-order valence-electron chi connectivity index (χ1n) is 5.23. The molecular formula is C9H18N2O4S. The first-order valence-corrected chi connectivity index (χ1v) is 6.84. The second kappa shape index (κ2) is 5.60. The molecule has 1 fully saturated rings. The summed E-state index contributed by atoms with van der Waals surface area (Å²) in [6, 6.07) is 0.154. The molecule has 7 heteroatoms. The molecule has 1 heterocycles. The third-order valence-electron chi connectivity index (χ3n) is 2.52. The normalized spacial score (nSPS) is 23.0. The van der Waals surface area contributed by atoms with Crippen molar-refractivity contribution in [2.75, 3.05) is 32.5 Å². The molecule has 94 valence electrons.